The maximum atomic E-state index is 13.3. The Kier molecular flexibility index (Phi) is 5.13. The predicted octanol–water partition coefficient (Wildman–Crippen LogP) is 2.95. The lowest BCUT2D eigenvalue weighted by Gasteiger charge is -2.21. The quantitative estimate of drug-likeness (QED) is 0.871. The normalized spacial score (nSPS) is 22.4. The lowest BCUT2D eigenvalue weighted by Crippen LogP contribution is -2.35. The summed E-state index contributed by atoms with van der Waals surface area (Å²) >= 11 is 3.07. The van der Waals surface area contributed by atoms with Crippen LogP contribution in [0.3, 0.4) is 0 Å². The second-order valence-electron chi connectivity index (χ2n) is 4.57. The van der Waals surface area contributed by atoms with Gasteiger partial charge in [0, 0.05) is 12.2 Å². The molecule has 1 fully saturated rings. The van der Waals surface area contributed by atoms with E-state index in [9.17, 15) is 9.18 Å². The maximum Gasteiger partial charge on any atom is 0.231 e. The van der Waals surface area contributed by atoms with Gasteiger partial charge in [-0.1, -0.05) is 0 Å². The Labute approximate surface area is 120 Å². The summed E-state index contributed by atoms with van der Waals surface area (Å²) in [5.41, 5.74) is 0.0904. The molecule has 1 unspecified atom stereocenters. The van der Waals surface area contributed by atoms with Crippen molar-refractivity contribution in [2.45, 2.75) is 13.3 Å². The molecule has 0 saturated carbocycles. The topological polar surface area (TPSA) is 41.1 Å². The van der Waals surface area contributed by atoms with Crippen LogP contribution in [0, 0.1) is 11.2 Å². The van der Waals surface area contributed by atoms with Gasteiger partial charge < -0.3 is 10.6 Å². The van der Waals surface area contributed by atoms with Crippen LogP contribution in [-0.2, 0) is 4.79 Å². The van der Waals surface area contributed by atoms with Gasteiger partial charge in [-0.05, 0) is 54.0 Å². The summed E-state index contributed by atoms with van der Waals surface area (Å²) in [5, 5.41) is 5.91. The first kappa shape index (κ1) is 15.4. The minimum atomic E-state index is -0.399. The molecule has 1 aromatic carbocycles. The van der Waals surface area contributed by atoms with Crippen molar-refractivity contribution in [1.82, 2.24) is 5.32 Å². The fraction of sp³-hybridized carbons (Fsp3) is 0.417. The summed E-state index contributed by atoms with van der Waals surface area (Å²) in [4.78, 5) is 12.0. The summed E-state index contributed by atoms with van der Waals surface area (Å²) in [6.07, 6.45) is 0.803. The average Bonchev–Trinajstić information content (AvgIpc) is 2.72. The summed E-state index contributed by atoms with van der Waals surface area (Å²) in [5.74, 6) is -0.443. The van der Waals surface area contributed by atoms with Crippen molar-refractivity contribution in [3.63, 3.8) is 0 Å². The van der Waals surface area contributed by atoms with E-state index in [0.717, 1.165) is 13.0 Å². The Bertz CT molecular complexity index is 450. The van der Waals surface area contributed by atoms with E-state index >= 15 is 0 Å². The van der Waals surface area contributed by atoms with Gasteiger partial charge in [0.15, 0.2) is 0 Å². The van der Waals surface area contributed by atoms with Crippen LogP contribution in [0.1, 0.15) is 13.3 Å². The Morgan fingerprint density at radius 2 is 2.28 bits per heavy atom. The number of hydrogen-bond donors (Lipinski definition) is 2. The number of carbonyl (C=O) groups excluding carboxylic acids is 1. The molecule has 0 aliphatic carbocycles. The van der Waals surface area contributed by atoms with Crippen LogP contribution in [0.5, 0.6) is 0 Å². The van der Waals surface area contributed by atoms with E-state index in [4.69, 9.17) is 0 Å². The zero-order valence-corrected chi connectivity index (χ0v) is 12.3. The van der Waals surface area contributed by atoms with Crippen molar-refractivity contribution < 1.29 is 9.18 Å². The largest absolute Gasteiger partial charge is 0.325 e. The average molecular weight is 338 g/mol. The molecular weight excluding hydrogens is 322 g/mol. The van der Waals surface area contributed by atoms with E-state index in [1.807, 2.05) is 6.92 Å². The smallest absolute Gasteiger partial charge is 0.231 e. The molecule has 1 aliphatic heterocycles. The highest BCUT2D eigenvalue weighted by Crippen LogP contribution is 2.27. The monoisotopic (exact) mass is 336 g/mol. The van der Waals surface area contributed by atoms with Crippen LogP contribution in [0.25, 0.3) is 0 Å². The Balaban J connectivity index is 0.00000162. The molecule has 0 spiro atoms. The Morgan fingerprint density at radius 1 is 1.56 bits per heavy atom. The van der Waals surface area contributed by atoms with Crippen LogP contribution < -0.4 is 10.6 Å². The van der Waals surface area contributed by atoms with Crippen LogP contribution in [0.2, 0.25) is 0 Å². The summed E-state index contributed by atoms with van der Waals surface area (Å²) in [6.45, 7) is 3.42. The zero-order chi connectivity index (χ0) is 12.5. The third kappa shape index (κ3) is 3.22. The molecule has 0 radical (unpaired) electrons. The molecule has 1 heterocycles. The first-order valence-electron chi connectivity index (χ1n) is 5.48. The minimum Gasteiger partial charge on any atom is -0.325 e. The van der Waals surface area contributed by atoms with Crippen molar-refractivity contribution in [2.24, 2.45) is 5.41 Å². The van der Waals surface area contributed by atoms with Crippen molar-refractivity contribution in [2.75, 3.05) is 18.4 Å². The van der Waals surface area contributed by atoms with Crippen LogP contribution in [0.15, 0.2) is 22.7 Å². The molecule has 1 aliphatic rings. The summed E-state index contributed by atoms with van der Waals surface area (Å²) in [6, 6.07) is 4.57. The predicted molar refractivity (Wildman–Crippen MR) is 75.6 cm³/mol. The van der Waals surface area contributed by atoms with Crippen molar-refractivity contribution in [1.29, 1.82) is 0 Å². The van der Waals surface area contributed by atoms with Crippen molar-refractivity contribution in [3.8, 4) is 0 Å². The van der Waals surface area contributed by atoms with Crippen LogP contribution >= 0.6 is 28.3 Å². The molecule has 3 nitrogen and oxygen atoms in total. The summed E-state index contributed by atoms with van der Waals surface area (Å²) < 4.78 is 13.7. The highest BCUT2D eigenvalue weighted by atomic mass is 79.9. The molecule has 1 amide bonds. The van der Waals surface area contributed by atoms with Crippen LogP contribution in [-0.4, -0.2) is 19.0 Å². The first-order chi connectivity index (χ1) is 8.01. The molecule has 2 rings (SSSR count). The van der Waals surface area contributed by atoms with Crippen molar-refractivity contribution in [3.05, 3.63) is 28.5 Å². The van der Waals surface area contributed by atoms with Gasteiger partial charge in [0.1, 0.15) is 5.82 Å². The van der Waals surface area contributed by atoms with E-state index in [2.05, 4.69) is 26.6 Å². The number of hydrogen-bond acceptors (Lipinski definition) is 2. The van der Waals surface area contributed by atoms with Gasteiger partial charge in [-0.15, -0.1) is 12.4 Å². The molecule has 0 bridgehead atoms. The molecule has 2 N–H and O–H groups in total. The lowest BCUT2D eigenvalue weighted by atomic mass is 9.89. The standard InChI is InChI=1S/C12H14BrFN2O.ClH/c1-12(4-5-15-7-12)11(17)16-8-2-3-9(13)10(14)6-8;/h2-3,6,15H,4-5,7H2,1H3,(H,16,17);1H. The lowest BCUT2D eigenvalue weighted by molar-refractivity contribution is -0.123. The molecule has 6 heteroatoms. The second-order valence-corrected chi connectivity index (χ2v) is 5.42. The third-order valence-corrected chi connectivity index (χ3v) is 3.74. The Morgan fingerprint density at radius 3 is 2.83 bits per heavy atom. The number of amides is 1. The van der Waals surface area contributed by atoms with E-state index in [0.29, 0.717) is 16.7 Å². The highest BCUT2D eigenvalue weighted by Gasteiger charge is 2.36. The van der Waals surface area contributed by atoms with E-state index < -0.39 is 5.41 Å². The molecular formula is C12H15BrClFN2O. The van der Waals surface area contributed by atoms with Crippen LogP contribution in [0.4, 0.5) is 10.1 Å². The molecule has 1 saturated heterocycles. The van der Waals surface area contributed by atoms with Gasteiger partial charge in [-0.2, -0.15) is 0 Å². The Hall–Kier alpha value is -0.650. The fourth-order valence-electron chi connectivity index (χ4n) is 1.87. The fourth-order valence-corrected chi connectivity index (χ4v) is 2.11. The van der Waals surface area contributed by atoms with Gasteiger partial charge in [0.05, 0.1) is 9.89 Å². The van der Waals surface area contributed by atoms with Gasteiger partial charge in [-0.3, -0.25) is 4.79 Å². The maximum absolute atomic E-state index is 13.3. The first-order valence-corrected chi connectivity index (χ1v) is 6.28. The number of benzene rings is 1. The molecule has 18 heavy (non-hydrogen) atoms. The second kappa shape index (κ2) is 5.99. The summed E-state index contributed by atoms with van der Waals surface area (Å²) in [7, 11) is 0. The number of anilines is 1. The van der Waals surface area contributed by atoms with Gasteiger partial charge in [0.2, 0.25) is 5.91 Å². The van der Waals surface area contributed by atoms with Gasteiger partial charge >= 0.3 is 0 Å². The number of carbonyl (C=O) groups is 1. The third-order valence-electron chi connectivity index (χ3n) is 3.09. The van der Waals surface area contributed by atoms with Crippen molar-refractivity contribution >= 4 is 39.9 Å². The van der Waals surface area contributed by atoms with E-state index in [1.165, 1.54) is 6.07 Å². The highest BCUT2D eigenvalue weighted by molar-refractivity contribution is 9.10. The molecule has 1 atom stereocenters. The zero-order valence-electron chi connectivity index (χ0n) is 9.93. The van der Waals surface area contributed by atoms with Gasteiger partial charge in [-0.25, -0.2) is 4.39 Å². The van der Waals surface area contributed by atoms with E-state index in [1.54, 1.807) is 12.1 Å². The number of rotatable bonds is 2. The SMILES string of the molecule is CC1(C(=O)Nc2ccc(Br)c(F)c2)CCNC1.Cl. The minimum absolute atomic E-state index is 0. The van der Waals surface area contributed by atoms with E-state index in [-0.39, 0.29) is 24.1 Å². The van der Waals surface area contributed by atoms with Gasteiger partial charge in [0.25, 0.3) is 0 Å². The number of halogens is 3. The molecule has 100 valence electrons. The number of nitrogens with one attached hydrogen (secondary N) is 2. The molecule has 1 aromatic rings. The molecule has 0 aromatic heterocycles.